The van der Waals surface area contributed by atoms with E-state index in [1.165, 1.54) is 29.2 Å². The summed E-state index contributed by atoms with van der Waals surface area (Å²) in [5, 5.41) is 5.49. The van der Waals surface area contributed by atoms with Crippen LogP contribution in [0, 0.1) is 5.82 Å². The summed E-state index contributed by atoms with van der Waals surface area (Å²) in [4.78, 5) is 40.0. The molecule has 0 aromatic heterocycles. The van der Waals surface area contributed by atoms with Gasteiger partial charge in [-0.25, -0.2) is 4.39 Å². The van der Waals surface area contributed by atoms with Gasteiger partial charge in [0.1, 0.15) is 11.9 Å². The van der Waals surface area contributed by atoms with Gasteiger partial charge in [0.15, 0.2) is 0 Å². The third-order valence-corrected chi connectivity index (χ3v) is 4.78. The number of anilines is 3. The van der Waals surface area contributed by atoms with E-state index in [2.05, 4.69) is 10.6 Å². The highest BCUT2D eigenvalue weighted by Gasteiger charge is 2.38. The molecule has 0 bridgehead atoms. The van der Waals surface area contributed by atoms with Gasteiger partial charge in [0.05, 0.1) is 17.8 Å². The Balaban J connectivity index is 1.66. The van der Waals surface area contributed by atoms with E-state index in [0.717, 1.165) is 0 Å². The van der Waals surface area contributed by atoms with E-state index >= 15 is 0 Å². The van der Waals surface area contributed by atoms with Crippen LogP contribution in [0.5, 0.6) is 0 Å². The van der Waals surface area contributed by atoms with Crippen molar-refractivity contribution in [1.29, 1.82) is 0 Å². The number of halogens is 1. The number of benzene rings is 3. The van der Waals surface area contributed by atoms with Crippen molar-refractivity contribution >= 4 is 34.8 Å². The molecule has 4 rings (SSSR count). The highest BCUT2D eigenvalue weighted by molar-refractivity contribution is 6.17. The molecule has 1 aliphatic heterocycles. The van der Waals surface area contributed by atoms with Crippen molar-refractivity contribution in [3.63, 3.8) is 0 Å². The van der Waals surface area contributed by atoms with E-state index in [0.29, 0.717) is 17.1 Å². The molecule has 3 aromatic rings. The van der Waals surface area contributed by atoms with Crippen LogP contribution in [0.15, 0.2) is 78.9 Å². The standard InChI is InChI=1S/C23H18FN3O3/c24-16-12-10-15(11-13-16)23(30)27-19-9-5-4-8-18(19)26-22(29)20(27)14-21(28)25-17-6-2-1-3-7-17/h1-13,20H,14H2,(H,25,28)(H,26,29)/t20-/m1/s1. The quantitative estimate of drug-likeness (QED) is 0.695. The molecule has 1 atom stereocenters. The van der Waals surface area contributed by atoms with Gasteiger partial charge in [0, 0.05) is 11.3 Å². The maximum atomic E-state index is 13.3. The van der Waals surface area contributed by atoms with E-state index in [1.54, 1.807) is 48.5 Å². The Morgan fingerprint density at radius 2 is 1.60 bits per heavy atom. The first kappa shape index (κ1) is 19.3. The minimum absolute atomic E-state index is 0.217. The number of carbonyl (C=O) groups is 3. The summed E-state index contributed by atoms with van der Waals surface area (Å²) in [6.07, 6.45) is -0.234. The predicted molar refractivity (Wildman–Crippen MR) is 112 cm³/mol. The lowest BCUT2D eigenvalue weighted by atomic mass is 10.0. The fourth-order valence-electron chi connectivity index (χ4n) is 3.37. The minimum atomic E-state index is -1.05. The monoisotopic (exact) mass is 403 g/mol. The molecule has 0 spiro atoms. The lowest BCUT2D eigenvalue weighted by Crippen LogP contribution is -2.52. The van der Waals surface area contributed by atoms with Crippen molar-refractivity contribution in [1.82, 2.24) is 0 Å². The van der Waals surface area contributed by atoms with Crippen LogP contribution in [0.2, 0.25) is 0 Å². The van der Waals surface area contributed by atoms with Crippen LogP contribution >= 0.6 is 0 Å². The lowest BCUT2D eigenvalue weighted by molar-refractivity contribution is -0.122. The Kier molecular flexibility index (Phi) is 5.26. The van der Waals surface area contributed by atoms with E-state index in [9.17, 15) is 18.8 Å². The lowest BCUT2D eigenvalue weighted by Gasteiger charge is -2.36. The summed E-state index contributed by atoms with van der Waals surface area (Å²) in [5.41, 5.74) is 1.76. The summed E-state index contributed by atoms with van der Waals surface area (Å²) < 4.78 is 13.3. The largest absolute Gasteiger partial charge is 0.326 e. The highest BCUT2D eigenvalue weighted by atomic mass is 19.1. The summed E-state index contributed by atoms with van der Waals surface area (Å²) in [5.74, 6) is -1.83. The predicted octanol–water partition coefficient (Wildman–Crippen LogP) is 3.82. The number of para-hydroxylation sites is 3. The number of nitrogens with one attached hydrogen (secondary N) is 2. The average molecular weight is 403 g/mol. The molecule has 30 heavy (non-hydrogen) atoms. The Bertz CT molecular complexity index is 1100. The molecule has 0 fully saturated rings. The first-order valence-electron chi connectivity index (χ1n) is 9.37. The van der Waals surface area contributed by atoms with Crippen molar-refractivity contribution in [2.45, 2.75) is 12.5 Å². The normalized spacial score (nSPS) is 15.2. The van der Waals surface area contributed by atoms with Crippen molar-refractivity contribution < 1.29 is 18.8 Å². The molecule has 3 aromatic carbocycles. The van der Waals surface area contributed by atoms with Crippen molar-refractivity contribution in [3.05, 3.63) is 90.2 Å². The topological polar surface area (TPSA) is 78.5 Å². The summed E-state index contributed by atoms with van der Waals surface area (Å²) in [6, 6.07) is 19.7. The number of amides is 3. The van der Waals surface area contributed by atoms with Gasteiger partial charge in [0.2, 0.25) is 11.8 Å². The van der Waals surface area contributed by atoms with Crippen LogP contribution in [-0.4, -0.2) is 23.8 Å². The molecular formula is C23H18FN3O3. The Labute approximate surface area is 172 Å². The SMILES string of the molecule is O=C(C[C@@H]1C(=O)Nc2ccccc2N1C(=O)c1ccc(F)cc1)Nc1ccccc1. The van der Waals surface area contributed by atoms with Gasteiger partial charge in [-0.15, -0.1) is 0 Å². The third kappa shape index (κ3) is 3.91. The number of hydrogen-bond acceptors (Lipinski definition) is 3. The van der Waals surface area contributed by atoms with Gasteiger partial charge in [-0.2, -0.15) is 0 Å². The smallest absolute Gasteiger partial charge is 0.259 e. The molecule has 0 saturated heterocycles. The summed E-state index contributed by atoms with van der Waals surface area (Å²) >= 11 is 0. The van der Waals surface area contributed by atoms with Crippen molar-refractivity contribution in [3.8, 4) is 0 Å². The third-order valence-electron chi connectivity index (χ3n) is 4.78. The minimum Gasteiger partial charge on any atom is -0.326 e. The fraction of sp³-hybridized carbons (Fsp3) is 0.0870. The molecule has 6 nitrogen and oxygen atoms in total. The second-order valence-electron chi connectivity index (χ2n) is 6.82. The number of nitrogens with zero attached hydrogens (tertiary/aromatic N) is 1. The Morgan fingerprint density at radius 1 is 0.933 bits per heavy atom. The van der Waals surface area contributed by atoms with E-state index < -0.39 is 29.6 Å². The van der Waals surface area contributed by atoms with E-state index in [1.807, 2.05) is 6.07 Å². The molecular weight excluding hydrogens is 385 g/mol. The second kappa shape index (κ2) is 8.16. The van der Waals surface area contributed by atoms with Crippen LogP contribution in [0.1, 0.15) is 16.8 Å². The summed E-state index contributed by atoms with van der Waals surface area (Å²) in [7, 11) is 0. The number of hydrogen-bond donors (Lipinski definition) is 2. The number of rotatable bonds is 4. The Morgan fingerprint density at radius 3 is 2.33 bits per heavy atom. The van der Waals surface area contributed by atoms with Gasteiger partial charge in [-0.1, -0.05) is 30.3 Å². The zero-order chi connectivity index (χ0) is 21.1. The molecule has 3 amide bonds. The molecule has 0 saturated carbocycles. The van der Waals surface area contributed by atoms with Crippen LogP contribution in [-0.2, 0) is 9.59 Å². The second-order valence-corrected chi connectivity index (χ2v) is 6.82. The molecule has 2 N–H and O–H groups in total. The first-order chi connectivity index (χ1) is 14.5. The number of fused-ring (bicyclic) bond motifs is 1. The van der Waals surface area contributed by atoms with Crippen molar-refractivity contribution in [2.24, 2.45) is 0 Å². The molecule has 7 heteroatoms. The molecule has 1 heterocycles. The van der Waals surface area contributed by atoms with Crippen molar-refractivity contribution in [2.75, 3.05) is 15.5 Å². The van der Waals surface area contributed by atoms with Gasteiger partial charge in [-0.05, 0) is 48.5 Å². The van der Waals surface area contributed by atoms with Crippen LogP contribution < -0.4 is 15.5 Å². The van der Waals surface area contributed by atoms with E-state index in [-0.39, 0.29) is 12.0 Å². The maximum Gasteiger partial charge on any atom is 0.259 e. The molecule has 0 unspecified atom stereocenters. The van der Waals surface area contributed by atoms with Gasteiger partial charge >= 0.3 is 0 Å². The Hall–Kier alpha value is -4.00. The average Bonchev–Trinajstić information content (AvgIpc) is 2.75. The van der Waals surface area contributed by atoms with Crippen LogP contribution in [0.25, 0.3) is 0 Å². The van der Waals surface area contributed by atoms with Crippen LogP contribution in [0.4, 0.5) is 21.5 Å². The molecule has 0 aliphatic carbocycles. The zero-order valence-corrected chi connectivity index (χ0v) is 15.8. The molecule has 150 valence electrons. The fourth-order valence-corrected chi connectivity index (χ4v) is 3.37. The highest BCUT2D eigenvalue weighted by Crippen LogP contribution is 2.34. The zero-order valence-electron chi connectivity index (χ0n) is 15.8. The van der Waals surface area contributed by atoms with Crippen LogP contribution in [0.3, 0.4) is 0 Å². The van der Waals surface area contributed by atoms with Gasteiger partial charge < -0.3 is 10.6 Å². The summed E-state index contributed by atoms with van der Waals surface area (Å²) in [6.45, 7) is 0. The van der Waals surface area contributed by atoms with E-state index in [4.69, 9.17) is 0 Å². The molecule has 1 aliphatic rings. The first-order valence-corrected chi connectivity index (χ1v) is 9.37. The van der Waals surface area contributed by atoms with Gasteiger partial charge in [0.25, 0.3) is 5.91 Å². The molecule has 0 radical (unpaired) electrons. The van der Waals surface area contributed by atoms with Gasteiger partial charge in [-0.3, -0.25) is 19.3 Å². The number of carbonyl (C=O) groups excluding carboxylic acids is 3. The maximum absolute atomic E-state index is 13.3.